The average Bonchev–Trinajstić information content (AvgIpc) is 3.36. The molecule has 0 radical (unpaired) electrons. The van der Waals surface area contributed by atoms with Crippen LogP contribution in [0.1, 0.15) is 49.9 Å². The summed E-state index contributed by atoms with van der Waals surface area (Å²) in [5.41, 5.74) is 15.1. The molecule has 0 bridgehead atoms. The fraction of sp³-hybridized carbons (Fsp3) is 0.150. The van der Waals surface area contributed by atoms with E-state index < -0.39 is 0 Å². The first-order valence-electron chi connectivity index (χ1n) is 14.5. The monoisotopic (exact) mass is 525 g/mol. The molecule has 0 aliphatic heterocycles. The van der Waals surface area contributed by atoms with E-state index in [2.05, 4.69) is 148 Å². The molecule has 0 fully saturated rings. The van der Waals surface area contributed by atoms with Crippen molar-refractivity contribution in [3.63, 3.8) is 0 Å². The summed E-state index contributed by atoms with van der Waals surface area (Å²) in [5, 5.41) is 6.34. The van der Waals surface area contributed by atoms with Gasteiger partial charge in [-0.15, -0.1) is 0 Å². The molecule has 0 atom stereocenters. The van der Waals surface area contributed by atoms with Gasteiger partial charge < -0.3 is 5.32 Å². The van der Waals surface area contributed by atoms with Crippen molar-refractivity contribution < 1.29 is 0 Å². The van der Waals surface area contributed by atoms with Gasteiger partial charge in [0.15, 0.2) is 0 Å². The van der Waals surface area contributed by atoms with E-state index in [0.717, 1.165) is 11.4 Å². The lowest BCUT2D eigenvalue weighted by molar-refractivity contribution is 0.660. The lowest BCUT2D eigenvalue weighted by Crippen LogP contribution is -2.15. The van der Waals surface area contributed by atoms with Crippen LogP contribution in [-0.4, -0.2) is 0 Å². The maximum absolute atomic E-state index is 3.85. The molecule has 0 heterocycles. The van der Waals surface area contributed by atoms with E-state index in [1.165, 1.54) is 66.4 Å². The number of nitrogens with one attached hydrogen (secondary N) is 1. The fourth-order valence-electron chi connectivity index (χ4n) is 7.32. The Morgan fingerprint density at radius 3 is 2.22 bits per heavy atom. The predicted octanol–water partition coefficient (Wildman–Crippen LogP) is 10.5. The molecule has 0 amide bonds. The molecule has 41 heavy (non-hydrogen) atoms. The van der Waals surface area contributed by atoms with Gasteiger partial charge in [-0.05, 0) is 91.7 Å². The van der Waals surface area contributed by atoms with Crippen LogP contribution in [0.5, 0.6) is 0 Å². The highest BCUT2D eigenvalue weighted by molar-refractivity contribution is 6.04. The van der Waals surface area contributed by atoms with E-state index in [1.807, 2.05) is 6.07 Å². The normalized spacial score (nSPS) is 15.0. The van der Waals surface area contributed by atoms with Crippen LogP contribution in [0.4, 0.5) is 11.4 Å². The van der Waals surface area contributed by atoms with Gasteiger partial charge in [-0.2, -0.15) is 0 Å². The Bertz CT molecular complexity index is 2020. The summed E-state index contributed by atoms with van der Waals surface area (Å²) < 4.78 is 0. The average molecular weight is 526 g/mol. The van der Waals surface area contributed by atoms with Crippen LogP contribution in [0.15, 0.2) is 109 Å². The minimum absolute atomic E-state index is 0.0369. The number of rotatable bonds is 3. The molecule has 6 aromatic rings. The maximum Gasteiger partial charge on any atom is 0.0470 e. The maximum atomic E-state index is 3.85. The third-order valence-electron chi connectivity index (χ3n) is 9.49. The van der Waals surface area contributed by atoms with Crippen LogP contribution in [0.2, 0.25) is 0 Å². The zero-order valence-electron chi connectivity index (χ0n) is 23.9. The van der Waals surface area contributed by atoms with Gasteiger partial charge in [0.2, 0.25) is 0 Å². The zero-order chi connectivity index (χ0) is 27.9. The van der Waals surface area contributed by atoms with Gasteiger partial charge in [0.05, 0.1) is 0 Å². The van der Waals surface area contributed by atoms with Crippen LogP contribution >= 0.6 is 0 Å². The standard InChI is InChI=1S/C40H31N/c1-39(2)33-15-9-7-13-29(33)31-20-17-26(23-35(31)39)38-28-12-6-5-11-25(28)18-22-37(38)41-27-19-21-32-30-14-8-10-16-34(30)40(3,4)36(32)24-27/h5-8,10-14,16-24,41H,1-4H3. The van der Waals surface area contributed by atoms with Gasteiger partial charge in [-0.3, -0.25) is 0 Å². The van der Waals surface area contributed by atoms with E-state index in [4.69, 9.17) is 0 Å². The first-order valence-corrected chi connectivity index (χ1v) is 14.5. The van der Waals surface area contributed by atoms with Gasteiger partial charge in [0.25, 0.3) is 0 Å². The minimum atomic E-state index is -0.128. The van der Waals surface area contributed by atoms with Gasteiger partial charge in [-0.1, -0.05) is 113 Å². The summed E-state index contributed by atoms with van der Waals surface area (Å²) in [4.78, 5) is 0. The third kappa shape index (κ3) is 3.38. The van der Waals surface area contributed by atoms with Gasteiger partial charge >= 0.3 is 0 Å². The van der Waals surface area contributed by atoms with Crippen LogP contribution in [0, 0.1) is 12.1 Å². The van der Waals surface area contributed by atoms with Gasteiger partial charge in [0.1, 0.15) is 0 Å². The van der Waals surface area contributed by atoms with E-state index >= 15 is 0 Å². The second-order valence-corrected chi connectivity index (χ2v) is 12.5. The van der Waals surface area contributed by atoms with Crippen molar-refractivity contribution >= 4 is 22.1 Å². The minimum Gasteiger partial charge on any atom is -0.355 e. The first kappa shape index (κ1) is 24.0. The molecule has 1 N–H and O–H groups in total. The molecule has 0 unspecified atom stereocenters. The first-order chi connectivity index (χ1) is 19.8. The summed E-state index contributed by atoms with van der Waals surface area (Å²) in [5.74, 6) is 0. The Morgan fingerprint density at radius 1 is 0.585 bits per heavy atom. The number of benzene rings is 5. The molecule has 0 spiro atoms. The number of anilines is 2. The van der Waals surface area contributed by atoms with Crippen molar-refractivity contribution in [2.24, 2.45) is 0 Å². The Hall–Kier alpha value is -4.80. The third-order valence-corrected chi connectivity index (χ3v) is 9.49. The molecule has 2 aliphatic carbocycles. The largest absolute Gasteiger partial charge is 0.355 e. The van der Waals surface area contributed by atoms with E-state index in [-0.39, 0.29) is 10.8 Å². The SMILES string of the molecule is CC1(C)c2c#cccc2-c2ccc(-c3c(Nc4ccc5c(c4)C(C)(C)c4ccccc4-5)ccc4ccccc34)cc21. The zero-order valence-corrected chi connectivity index (χ0v) is 23.9. The molecular formula is C40H31N. The molecule has 1 nitrogen and oxygen atoms in total. The lowest BCUT2D eigenvalue weighted by atomic mass is 9.81. The van der Waals surface area contributed by atoms with E-state index in [9.17, 15) is 0 Å². The second kappa shape index (κ2) is 8.35. The molecule has 6 aromatic carbocycles. The number of hydrogen-bond acceptors (Lipinski definition) is 1. The fourth-order valence-corrected chi connectivity index (χ4v) is 7.32. The number of hydrogen-bond donors (Lipinski definition) is 1. The lowest BCUT2D eigenvalue weighted by Gasteiger charge is -2.23. The molecule has 196 valence electrons. The van der Waals surface area contributed by atoms with Gasteiger partial charge in [0, 0.05) is 33.3 Å². The summed E-state index contributed by atoms with van der Waals surface area (Å²) in [6.45, 7) is 9.28. The van der Waals surface area contributed by atoms with Crippen LogP contribution < -0.4 is 5.32 Å². The molecular weight excluding hydrogens is 494 g/mol. The predicted molar refractivity (Wildman–Crippen MR) is 172 cm³/mol. The molecule has 8 rings (SSSR count). The van der Waals surface area contributed by atoms with Crippen molar-refractivity contribution in [2.75, 3.05) is 5.32 Å². The Kier molecular flexibility index (Phi) is 4.90. The highest BCUT2D eigenvalue weighted by atomic mass is 14.9. The molecule has 0 saturated heterocycles. The van der Waals surface area contributed by atoms with Crippen molar-refractivity contribution in [1.29, 1.82) is 0 Å². The molecule has 0 aromatic heterocycles. The summed E-state index contributed by atoms with van der Waals surface area (Å²) >= 11 is 0. The van der Waals surface area contributed by atoms with E-state index in [0.29, 0.717) is 0 Å². The Labute approximate surface area is 242 Å². The van der Waals surface area contributed by atoms with Crippen LogP contribution in [0.25, 0.3) is 44.2 Å². The molecule has 2 aliphatic rings. The molecule has 1 heteroatoms. The highest BCUT2D eigenvalue weighted by Crippen LogP contribution is 2.51. The highest BCUT2D eigenvalue weighted by Gasteiger charge is 2.37. The Morgan fingerprint density at radius 2 is 1.32 bits per heavy atom. The van der Waals surface area contributed by atoms with Crippen molar-refractivity contribution in [1.82, 2.24) is 0 Å². The van der Waals surface area contributed by atoms with Crippen LogP contribution in [-0.2, 0) is 10.8 Å². The smallest absolute Gasteiger partial charge is 0.0470 e. The summed E-state index contributed by atoms with van der Waals surface area (Å²) in [6, 6.07) is 46.6. The van der Waals surface area contributed by atoms with Crippen molar-refractivity contribution in [2.45, 2.75) is 38.5 Å². The summed E-state index contributed by atoms with van der Waals surface area (Å²) in [7, 11) is 0. The molecule has 0 saturated carbocycles. The topological polar surface area (TPSA) is 12.0 Å². The van der Waals surface area contributed by atoms with Crippen LogP contribution in [0.3, 0.4) is 0 Å². The van der Waals surface area contributed by atoms with Gasteiger partial charge in [-0.25, -0.2) is 0 Å². The quantitative estimate of drug-likeness (QED) is 0.242. The Balaban J connectivity index is 1.28. The van der Waals surface area contributed by atoms with Crippen molar-refractivity contribution in [3.8, 4) is 33.4 Å². The summed E-state index contributed by atoms with van der Waals surface area (Å²) in [6.07, 6.45) is 0. The van der Waals surface area contributed by atoms with E-state index in [1.54, 1.807) is 0 Å². The second-order valence-electron chi connectivity index (χ2n) is 12.5. The van der Waals surface area contributed by atoms with Crippen molar-refractivity contribution in [3.05, 3.63) is 144 Å². The number of fused-ring (bicyclic) bond motifs is 7.